The highest BCUT2D eigenvalue weighted by atomic mass is 32.2. The third-order valence-electron chi connectivity index (χ3n) is 3.59. The van der Waals surface area contributed by atoms with E-state index in [-0.39, 0.29) is 0 Å². The van der Waals surface area contributed by atoms with Crippen LogP contribution in [-0.4, -0.2) is 36.8 Å². The summed E-state index contributed by atoms with van der Waals surface area (Å²) in [6, 6.07) is 0.777. The zero-order chi connectivity index (χ0) is 11.1. The maximum Gasteiger partial charge on any atom is 0.0575 e. The lowest BCUT2D eigenvalue weighted by Gasteiger charge is -2.22. The molecule has 1 atom stereocenters. The predicted molar refractivity (Wildman–Crippen MR) is 71.2 cm³/mol. The highest BCUT2D eigenvalue weighted by Gasteiger charge is 2.15. The summed E-state index contributed by atoms with van der Waals surface area (Å²) in [6.45, 7) is 2.09. The second kappa shape index (κ2) is 7.57. The van der Waals surface area contributed by atoms with Crippen LogP contribution in [0.2, 0.25) is 0 Å². The summed E-state index contributed by atoms with van der Waals surface area (Å²) in [7, 11) is 0. The zero-order valence-electron chi connectivity index (χ0n) is 10.2. The van der Waals surface area contributed by atoms with Crippen LogP contribution >= 0.6 is 11.8 Å². The predicted octanol–water partition coefficient (Wildman–Crippen LogP) is 2.82. The second-order valence-electron chi connectivity index (χ2n) is 5.00. The molecule has 0 spiro atoms. The van der Waals surface area contributed by atoms with Crippen molar-refractivity contribution in [2.24, 2.45) is 0 Å². The van der Waals surface area contributed by atoms with Crippen molar-refractivity contribution in [2.45, 2.75) is 57.1 Å². The fraction of sp³-hybridized carbons (Fsp3) is 1.00. The van der Waals surface area contributed by atoms with Gasteiger partial charge in [-0.1, -0.05) is 19.3 Å². The van der Waals surface area contributed by atoms with Crippen LogP contribution in [0.25, 0.3) is 0 Å². The lowest BCUT2D eigenvalue weighted by molar-refractivity contribution is 0.0271. The van der Waals surface area contributed by atoms with Crippen LogP contribution in [0.3, 0.4) is 0 Å². The van der Waals surface area contributed by atoms with Crippen molar-refractivity contribution in [2.75, 3.05) is 24.7 Å². The van der Waals surface area contributed by atoms with E-state index < -0.39 is 0 Å². The second-order valence-corrected chi connectivity index (χ2v) is 6.15. The van der Waals surface area contributed by atoms with Gasteiger partial charge in [-0.3, -0.25) is 0 Å². The SMILES string of the molecule is C1CCC(OCCCNC2CCSC2)CC1. The maximum absolute atomic E-state index is 5.90. The van der Waals surface area contributed by atoms with Gasteiger partial charge in [0.05, 0.1) is 6.10 Å². The van der Waals surface area contributed by atoms with Gasteiger partial charge in [0.2, 0.25) is 0 Å². The van der Waals surface area contributed by atoms with Crippen LogP contribution in [0, 0.1) is 0 Å². The average Bonchev–Trinajstić information content (AvgIpc) is 2.83. The molecule has 0 radical (unpaired) electrons. The van der Waals surface area contributed by atoms with E-state index in [9.17, 15) is 0 Å². The highest BCUT2D eigenvalue weighted by molar-refractivity contribution is 7.99. The molecule has 1 aliphatic heterocycles. The molecule has 1 saturated heterocycles. The molecule has 1 unspecified atom stereocenters. The summed E-state index contributed by atoms with van der Waals surface area (Å²) in [4.78, 5) is 0. The zero-order valence-corrected chi connectivity index (χ0v) is 11.1. The van der Waals surface area contributed by atoms with E-state index in [2.05, 4.69) is 17.1 Å². The van der Waals surface area contributed by atoms with Crippen molar-refractivity contribution >= 4 is 11.8 Å². The molecule has 0 amide bonds. The number of hydrogen-bond acceptors (Lipinski definition) is 3. The van der Waals surface area contributed by atoms with Crippen LogP contribution < -0.4 is 5.32 Å². The minimum atomic E-state index is 0.579. The molecular weight excluding hydrogens is 218 g/mol. The van der Waals surface area contributed by atoms with Crippen molar-refractivity contribution in [3.63, 3.8) is 0 Å². The van der Waals surface area contributed by atoms with Crippen molar-refractivity contribution in [3.05, 3.63) is 0 Å². The minimum Gasteiger partial charge on any atom is -0.378 e. The molecule has 3 heteroatoms. The summed E-state index contributed by atoms with van der Waals surface area (Å²) in [5.74, 6) is 2.65. The summed E-state index contributed by atoms with van der Waals surface area (Å²) in [5.41, 5.74) is 0. The third-order valence-corrected chi connectivity index (χ3v) is 4.75. The van der Waals surface area contributed by atoms with Gasteiger partial charge in [-0.15, -0.1) is 0 Å². The molecular formula is C13H25NOS. The maximum atomic E-state index is 5.90. The molecule has 1 aliphatic carbocycles. The van der Waals surface area contributed by atoms with Gasteiger partial charge < -0.3 is 10.1 Å². The fourth-order valence-corrected chi connectivity index (χ4v) is 3.74. The van der Waals surface area contributed by atoms with E-state index in [1.165, 1.54) is 56.5 Å². The van der Waals surface area contributed by atoms with Gasteiger partial charge in [0.15, 0.2) is 0 Å². The molecule has 0 aromatic heterocycles. The Morgan fingerprint density at radius 3 is 2.75 bits per heavy atom. The van der Waals surface area contributed by atoms with Crippen molar-refractivity contribution in [1.29, 1.82) is 0 Å². The van der Waals surface area contributed by atoms with Crippen LogP contribution in [0.4, 0.5) is 0 Å². The lowest BCUT2D eigenvalue weighted by Crippen LogP contribution is -2.30. The molecule has 16 heavy (non-hydrogen) atoms. The summed E-state index contributed by atoms with van der Waals surface area (Å²) in [5, 5.41) is 3.62. The smallest absolute Gasteiger partial charge is 0.0575 e. The Bertz CT molecular complexity index is 177. The van der Waals surface area contributed by atoms with Gasteiger partial charge in [-0.05, 0) is 38.0 Å². The quantitative estimate of drug-likeness (QED) is 0.725. The molecule has 0 bridgehead atoms. The topological polar surface area (TPSA) is 21.3 Å². The average molecular weight is 243 g/mol. The Kier molecular flexibility index (Phi) is 6.02. The van der Waals surface area contributed by atoms with Crippen molar-refractivity contribution in [3.8, 4) is 0 Å². The first-order valence-electron chi connectivity index (χ1n) is 6.88. The molecule has 2 nitrogen and oxygen atoms in total. The van der Waals surface area contributed by atoms with Crippen molar-refractivity contribution < 1.29 is 4.74 Å². The lowest BCUT2D eigenvalue weighted by atomic mass is 9.98. The monoisotopic (exact) mass is 243 g/mol. The molecule has 1 heterocycles. The standard InChI is InChI=1S/C13H25NOS/c1-2-5-13(6-3-1)15-9-4-8-14-12-7-10-16-11-12/h12-14H,1-11H2. The van der Waals surface area contributed by atoms with Gasteiger partial charge in [0.1, 0.15) is 0 Å². The van der Waals surface area contributed by atoms with Gasteiger partial charge in [0.25, 0.3) is 0 Å². The Balaban J connectivity index is 1.42. The van der Waals surface area contributed by atoms with Crippen LogP contribution in [-0.2, 0) is 4.74 Å². The molecule has 1 saturated carbocycles. The Morgan fingerprint density at radius 1 is 1.12 bits per heavy atom. The minimum absolute atomic E-state index is 0.579. The van der Waals surface area contributed by atoms with E-state index >= 15 is 0 Å². The third kappa shape index (κ3) is 4.64. The number of thioether (sulfide) groups is 1. The van der Waals surface area contributed by atoms with E-state index in [1.807, 2.05) is 0 Å². The van der Waals surface area contributed by atoms with Gasteiger partial charge in [0, 0.05) is 18.4 Å². The van der Waals surface area contributed by atoms with E-state index in [0.717, 1.165) is 19.2 Å². The largest absolute Gasteiger partial charge is 0.378 e. The number of hydrogen-bond donors (Lipinski definition) is 1. The Labute approximate surface area is 104 Å². The fourth-order valence-electron chi connectivity index (χ4n) is 2.56. The van der Waals surface area contributed by atoms with E-state index in [4.69, 9.17) is 4.74 Å². The molecule has 94 valence electrons. The van der Waals surface area contributed by atoms with Gasteiger partial charge in [-0.2, -0.15) is 11.8 Å². The summed E-state index contributed by atoms with van der Waals surface area (Å²) >= 11 is 2.07. The number of ether oxygens (including phenoxy) is 1. The van der Waals surface area contributed by atoms with Crippen LogP contribution in [0.5, 0.6) is 0 Å². The van der Waals surface area contributed by atoms with E-state index in [0.29, 0.717) is 6.10 Å². The number of rotatable bonds is 6. The molecule has 0 aromatic rings. The Morgan fingerprint density at radius 2 is 2.00 bits per heavy atom. The molecule has 2 rings (SSSR count). The first-order valence-corrected chi connectivity index (χ1v) is 8.03. The highest BCUT2D eigenvalue weighted by Crippen LogP contribution is 2.20. The van der Waals surface area contributed by atoms with Crippen LogP contribution in [0.15, 0.2) is 0 Å². The molecule has 2 fully saturated rings. The molecule has 0 aromatic carbocycles. The summed E-state index contributed by atoms with van der Waals surface area (Å²) in [6.07, 6.45) is 9.88. The van der Waals surface area contributed by atoms with Crippen LogP contribution in [0.1, 0.15) is 44.9 Å². The molecule has 2 aliphatic rings. The summed E-state index contributed by atoms with van der Waals surface area (Å²) < 4.78 is 5.90. The number of nitrogens with one attached hydrogen (secondary N) is 1. The van der Waals surface area contributed by atoms with Crippen molar-refractivity contribution in [1.82, 2.24) is 5.32 Å². The Hall–Kier alpha value is 0.270. The first-order chi connectivity index (χ1) is 7.95. The normalized spacial score (nSPS) is 27.4. The van der Waals surface area contributed by atoms with Gasteiger partial charge in [-0.25, -0.2) is 0 Å². The molecule has 1 N–H and O–H groups in total. The van der Waals surface area contributed by atoms with Gasteiger partial charge >= 0.3 is 0 Å². The van der Waals surface area contributed by atoms with E-state index in [1.54, 1.807) is 0 Å². The first kappa shape index (κ1) is 12.7.